The van der Waals surface area contributed by atoms with E-state index in [1.165, 1.54) is 12.8 Å². The van der Waals surface area contributed by atoms with Crippen molar-refractivity contribution in [2.24, 2.45) is 0 Å². The first-order chi connectivity index (χ1) is 13.4. The van der Waals surface area contributed by atoms with Crippen LogP contribution in [0.5, 0.6) is 5.75 Å². The van der Waals surface area contributed by atoms with Gasteiger partial charge in [0.2, 0.25) is 0 Å². The van der Waals surface area contributed by atoms with E-state index in [1.54, 1.807) is 36.0 Å². The monoisotopic (exact) mass is 450 g/mol. The maximum Gasteiger partial charge on any atom is 0.257 e. The van der Waals surface area contributed by atoms with E-state index in [-0.39, 0.29) is 40.8 Å². The van der Waals surface area contributed by atoms with E-state index in [0.29, 0.717) is 4.47 Å². The molecule has 154 valence electrons. The second kappa shape index (κ2) is 9.29. The van der Waals surface area contributed by atoms with Crippen molar-refractivity contribution in [1.29, 1.82) is 0 Å². The van der Waals surface area contributed by atoms with Crippen molar-refractivity contribution in [1.82, 2.24) is 9.80 Å². The zero-order valence-corrected chi connectivity index (χ0v) is 18.5. The van der Waals surface area contributed by atoms with E-state index < -0.39 is 0 Å². The second-order valence-corrected chi connectivity index (χ2v) is 9.18. The molecule has 1 aromatic carbocycles. The van der Waals surface area contributed by atoms with Crippen LogP contribution in [0.2, 0.25) is 0 Å². The average Bonchev–Trinajstić information content (AvgIpc) is 2.74. The highest BCUT2D eigenvalue weighted by molar-refractivity contribution is 9.10. The van der Waals surface area contributed by atoms with E-state index >= 15 is 0 Å². The van der Waals surface area contributed by atoms with Crippen LogP contribution in [0.25, 0.3) is 0 Å². The van der Waals surface area contributed by atoms with Crippen molar-refractivity contribution in [2.75, 3.05) is 14.1 Å². The fourth-order valence-corrected chi connectivity index (χ4v) is 5.03. The summed E-state index contributed by atoms with van der Waals surface area (Å²) in [5.74, 6) is -0.649. The van der Waals surface area contributed by atoms with Crippen LogP contribution >= 0.6 is 15.9 Å². The Hall–Kier alpha value is -1.56. The molecule has 2 aliphatic rings. The van der Waals surface area contributed by atoms with Crippen molar-refractivity contribution in [2.45, 2.75) is 76.3 Å². The number of phenols is 1. The summed E-state index contributed by atoms with van der Waals surface area (Å²) in [5.41, 5.74) is 0.394. The van der Waals surface area contributed by atoms with Crippen LogP contribution in [0, 0.1) is 0 Å². The van der Waals surface area contributed by atoms with Crippen molar-refractivity contribution in [3.8, 4) is 5.75 Å². The third-order valence-corrected chi connectivity index (χ3v) is 6.88. The van der Waals surface area contributed by atoms with E-state index in [0.717, 1.165) is 51.4 Å². The SMILES string of the molecule is CN(C(=O)c1cc(Br)cc(C(=O)N(C)C2CCCCC2)c1O)C1CCCCC1. The average molecular weight is 451 g/mol. The minimum absolute atomic E-state index is 0.197. The zero-order valence-electron chi connectivity index (χ0n) is 16.9. The minimum Gasteiger partial charge on any atom is -0.506 e. The number of aromatic hydroxyl groups is 1. The number of hydrogen-bond acceptors (Lipinski definition) is 3. The van der Waals surface area contributed by atoms with Gasteiger partial charge in [-0.15, -0.1) is 0 Å². The molecule has 2 saturated carbocycles. The molecule has 2 amide bonds. The van der Waals surface area contributed by atoms with E-state index in [1.807, 2.05) is 0 Å². The quantitative estimate of drug-likeness (QED) is 0.704. The number of halogens is 1. The number of benzene rings is 1. The molecule has 2 aliphatic carbocycles. The van der Waals surface area contributed by atoms with Crippen LogP contribution in [0.1, 0.15) is 84.9 Å². The first-order valence-corrected chi connectivity index (χ1v) is 11.3. The van der Waals surface area contributed by atoms with E-state index in [2.05, 4.69) is 15.9 Å². The lowest BCUT2D eigenvalue weighted by Gasteiger charge is -2.32. The number of rotatable bonds is 4. The molecule has 0 radical (unpaired) electrons. The summed E-state index contributed by atoms with van der Waals surface area (Å²) in [6.45, 7) is 0. The molecule has 0 heterocycles. The molecular formula is C22H31BrN2O3. The molecular weight excluding hydrogens is 420 g/mol. The molecule has 0 unspecified atom stereocenters. The molecule has 1 aromatic rings. The number of hydrogen-bond donors (Lipinski definition) is 1. The number of nitrogens with zero attached hydrogens (tertiary/aromatic N) is 2. The second-order valence-electron chi connectivity index (χ2n) is 8.27. The zero-order chi connectivity index (χ0) is 20.3. The third-order valence-electron chi connectivity index (χ3n) is 6.42. The Labute approximate surface area is 176 Å². The van der Waals surface area contributed by atoms with Gasteiger partial charge in [-0.2, -0.15) is 0 Å². The summed E-state index contributed by atoms with van der Waals surface area (Å²) < 4.78 is 0.631. The van der Waals surface area contributed by atoms with Gasteiger partial charge in [0.05, 0.1) is 11.1 Å². The van der Waals surface area contributed by atoms with Crippen LogP contribution < -0.4 is 0 Å². The summed E-state index contributed by atoms with van der Waals surface area (Å²) in [5, 5.41) is 10.8. The lowest BCUT2D eigenvalue weighted by atomic mass is 9.93. The maximum absolute atomic E-state index is 13.1. The summed E-state index contributed by atoms with van der Waals surface area (Å²) in [6.07, 6.45) is 10.9. The smallest absolute Gasteiger partial charge is 0.257 e. The Morgan fingerprint density at radius 3 is 1.54 bits per heavy atom. The first-order valence-electron chi connectivity index (χ1n) is 10.5. The molecule has 0 aromatic heterocycles. The Balaban J connectivity index is 1.84. The van der Waals surface area contributed by atoms with Crippen molar-refractivity contribution in [3.63, 3.8) is 0 Å². The largest absolute Gasteiger partial charge is 0.506 e. The molecule has 6 heteroatoms. The highest BCUT2D eigenvalue weighted by Gasteiger charge is 2.30. The molecule has 28 heavy (non-hydrogen) atoms. The van der Waals surface area contributed by atoms with Gasteiger partial charge in [0.1, 0.15) is 5.75 Å². The Kier molecular flexibility index (Phi) is 7.02. The van der Waals surface area contributed by atoms with Gasteiger partial charge in [-0.25, -0.2) is 0 Å². The normalized spacial score (nSPS) is 18.7. The molecule has 0 spiro atoms. The summed E-state index contributed by atoms with van der Waals surface area (Å²) in [7, 11) is 3.60. The molecule has 0 atom stereocenters. The summed E-state index contributed by atoms with van der Waals surface area (Å²) in [6, 6.07) is 3.63. The van der Waals surface area contributed by atoms with Crippen LogP contribution in [-0.4, -0.2) is 52.9 Å². The topological polar surface area (TPSA) is 60.9 Å². The lowest BCUT2D eigenvalue weighted by Crippen LogP contribution is -2.39. The Morgan fingerprint density at radius 2 is 1.18 bits per heavy atom. The molecule has 0 aliphatic heterocycles. The summed E-state index contributed by atoms with van der Waals surface area (Å²) in [4.78, 5) is 29.6. The van der Waals surface area contributed by atoms with Crippen molar-refractivity contribution in [3.05, 3.63) is 27.7 Å². The van der Waals surface area contributed by atoms with E-state index in [9.17, 15) is 14.7 Å². The maximum atomic E-state index is 13.1. The molecule has 3 rings (SSSR count). The highest BCUT2D eigenvalue weighted by atomic mass is 79.9. The number of carbonyl (C=O) groups excluding carboxylic acids is 2. The van der Waals surface area contributed by atoms with Gasteiger partial charge in [0.25, 0.3) is 11.8 Å². The minimum atomic E-state index is -0.222. The van der Waals surface area contributed by atoms with Gasteiger partial charge in [-0.1, -0.05) is 54.5 Å². The van der Waals surface area contributed by atoms with E-state index in [4.69, 9.17) is 0 Å². The third kappa shape index (κ3) is 4.53. The Bertz CT molecular complexity index is 667. The van der Waals surface area contributed by atoms with Gasteiger partial charge >= 0.3 is 0 Å². The molecule has 1 N–H and O–H groups in total. The van der Waals surface area contributed by atoms with Gasteiger partial charge < -0.3 is 14.9 Å². The highest BCUT2D eigenvalue weighted by Crippen LogP contribution is 2.32. The standard InChI is InChI=1S/C22H31BrN2O3/c1-24(16-9-5-3-6-10-16)21(27)18-13-15(23)14-19(20(18)26)22(28)25(2)17-11-7-4-8-12-17/h13-14,16-17,26H,3-12H2,1-2H3. The predicted octanol–water partition coefficient (Wildman–Crippen LogP) is 4.96. The Morgan fingerprint density at radius 1 is 0.821 bits per heavy atom. The van der Waals surface area contributed by atoms with Gasteiger partial charge in [0.15, 0.2) is 0 Å². The number of phenolic OH excluding ortho intramolecular Hbond substituents is 1. The summed E-state index contributed by atoms with van der Waals surface area (Å²) >= 11 is 3.42. The predicted molar refractivity (Wildman–Crippen MR) is 114 cm³/mol. The fourth-order valence-electron chi connectivity index (χ4n) is 4.57. The van der Waals surface area contributed by atoms with Gasteiger partial charge in [-0.3, -0.25) is 9.59 Å². The molecule has 5 nitrogen and oxygen atoms in total. The number of carbonyl (C=O) groups is 2. The van der Waals surface area contributed by atoms with Gasteiger partial charge in [0, 0.05) is 30.7 Å². The van der Waals surface area contributed by atoms with Crippen LogP contribution in [0.4, 0.5) is 0 Å². The van der Waals surface area contributed by atoms with Crippen LogP contribution in [0.3, 0.4) is 0 Å². The van der Waals surface area contributed by atoms with Crippen molar-refractivity contribution < 1.29 is 14.7 Å². The number of amides is 2. The lowest BCUT2D eigenvalue weighted by molar-refractivity contribution is 0.0688. The molecule has 0 bridgehead atoms. The molecule has 0 saturated heterocycles. The van der Waals surface area contributed by atoms with Gasteiger partial charge in [-0.05, 0) is 37.8 Å². The molecule has 2 fully saturated rings. The fraction of sp³-hybridized carbons (Fsp3) is 0.636. The van der Waals surface area contributed by atoms with Crippen molar-refractivity contribution >= 4 is 27.7 Å². The van der Waals surface area contributed by atoms with Crippen LogP contribution in [-0.2, 0) is 0 Å². The first kappa shape index (κ1) is 21.2. The van der Waals surface area contributed by atoms with Crippen LogP contribution in [0.15, 0.2) is 16.6 Å².